The van der Waals surface area contributed by atoms with Crippen LogP contribution in [-0.4, -0.2) is 42.8 Å². The molecule has 0 radical (unpaired) electrons. The second-order valence-electron chi connectivity index (χ2n) is 8.91. The highest BCUT2D eigenvalue weighted by Crippen LogP contribution is 2.47. The molecule has 3 aromatic carbocycles. The van der Waals surface area contributed by atoms with Crippen molar-refractivity contribution in [2.75, 3.05) is 32.9 Å². The Labute approximate surface area is 196 Å². The first kappa shape index (κ1) is 21.1. The molecule has 0 bridgehead atoms. The van der Waals surface area contributed by atoms with Gasteiger partial charge in [0.1, 0.15) is 12.4 Å². The number of para-hydroxylation sites is 2. The van der Waals surface area contributed by atoms with Crippen LogP contribution < -0.4 is 9.47 Å². The van der Waals surface area contributed by atoms with E-state index in [0.717, 1.165) is 53.0 Å². The van der Waals surface area contributed by atoms with Crippen LogP contribution in [0, 0.1) is 11.7 Å². The molecular formula is C28H24F2N2O2. The van der Waals surface area contributed by atoms with Crippen LogP contribution in [0.2, 0.25) is 0 Å². The van der Waals surface area contributed by atoms with Gasteiger partial charge in [0, 0.05) is 53.8 Å². The molecule has 2 aliphatic rings. The molecule has 3 heterocycles. The third-order valence-electron chi connectivity index (χ3n) is 6.68. The lowest BCUT2D eigenvalue weighted by atomic mass is 9.88. The van der Waals surface area contributed by atoms with Gasteiger partial charge in [0.05, 0.1) is 12.2 Å². The lowest BCUT2D eigenvalue weighted by Crippen LogP contribution is -2.49. The summed E-state index contributed by atoms with van der Waals surface area (Å²) < 4.78 is 39.5. The molecule has 4 nitrogen and oxygen atoms in total. The minimum absolute atomic E-state index is 0.180. The smallest absolute Gasteiger partial charge is 0.165 e. The molecule has 0 N–H and O–H groups in total. The topological polar surface area (TPSA) is 34.6 Å². The van der Waals surface area contributed by atoms with Crippen LogP contribution in [0.4, 0.5) is 8.78 Å². The summed E-state index contributed by atoms with van der Waals surface area (Å²) in [6.07, 6.45) is 1.34. The largest absolute Gasteiger partial charge is 0.492 e. The molecule has 1 unspecified atom stereocenters. The van der Waals surface area contributed by atoms with Gasteiger partial charge >= 0.3 is 0 Å². The van der Waals surface area contributed by atoms with Crippen LogP contribution in [0.25, 0.3) is 22.0 Å². The van der Waals surface area contributed by atoms with Crippen LogP contribution in [0.5, 0.6) is 11.5 Å². The molecule has 6 heteroatoms. The van der Waals surface area contributed by atoms with Crippen molar-refractivity contribution < 1.29 is 18.3 Å². The van der Waals surface area contributed by atoms with Crippen molar-refractivity contribution in [1.29, 1.82) is 0 Å². The Morgan fingerprint density at radius 1 is 0.971 bits per heavy atom. The summed E-state index contributed by atoms with van der Waals surface area (Å²) in [4.78, 5) is 6.80. The minimum atomic E-state index is -0.472. The number of benzene rings is 3. The molecule has 34 heavy (non-hydrogen) atoms. The van der Waals surface area contributed by atoms with Crippen molar-refractivity contribution in [1.82, 2.24) is 9.88 Å². The second kappa shape index (κ2) is 8.69. The normalized spacial score (nSPS) is 17.5. The summed E-state index contributed by atoms with van der Waals surface area (Å²) in [6, 6.07) is 20.7. The maximum atomic E-state index is 14.7. The Kier molecular flexibility index (Phi) is 5.38. The summed E-state index contributed by atoms with van der Waals surface area (Å²) in [5.41, 5.74) is 4.36. The lowest BCUT2D eigenvalue weighted by Gasteiger charge is -2.37. The van der Waals surface area contributed by atoms with E-state index >= 15 is 0 Å². The second-order valence-corrected chi connectivity index (χ2v) is 8.91. The van der Waals surface area contributed by atoms with Crippen LogP contribution in [0.15, 0.2) is 72.9 Å². The van der Waals surface area contributed by atoms with E-state index in [0.29, 0.717) is 12.2 Å². The number of rotatable bonds is 6. The van der Waals surface area contributed by atoms with Gasteiger partial charge in [-0.25, -0.2) is 4.39 Å². The maximum absolute atomic E-state index is 14.7. The molecule has 0 aliphatic carbocycles. The van der Waals surface area contributed by atoms with E-state index in [2.05, 4.69) is 9.88 Å². The Bertz CT molecular complexity index is 1340. The number of fused-ring (bicyclic) bond motifs is 5. The number of aromatic nitrogens is 1. The molecule has 1 fully saturated rings. The molecule has 0 saturated carbocycles. The quantitative estimate of drug-likeness (QED) is 0.366. The summed E-state index contributed by atoms with van der Waals surface area (Å²) in [5.74, 6) is 0.799. The highest BCUT2D eigenvalue weighted by molar-refractivity contribution is 5.91. The van der Waals surface area contributed by atoms with Gasteiger partial charge < -0.3 is 9.47 Å². The van der Waals surface area contributed by atoms with Crippen molar-refractivity contribution in [3.8, 4) is 22.6 Å². The molecule has 6 rings (SSSR count). The van der Waals surface area contributed by atoms with Crippen LogP contribution in [0.1, 0.15) is 17.2 Å². The SMILES string of the molecule is FCC1CN(CCOc2ccc(C3Oc4c(F)cccc4-c4cnc5ccccc5c43)cc2)C1. The summed E-state index contributed by atoms with van der Waals surface area (Å²) in [6.45, 7) is 2.70. The maximum Gasteiger partial charge on any atom is 0.165 e. The van der Waals surface area contributed by atoms with E-state index in [1.165, 1.54) is 6.07 Å². The van der Waals surface area contributed by atoms with Crippen molar-refractivity contribution in [3.05, 3.63) is 89.9 Å². The van der Waals surface area contributed by atoms with E-state index < -0.39 is 6.10 Å². The van der Waals surface area contributed by atoms with E-state index in [-0.39, 0.29) is 24.2 Å². The first-order chi connectivity index (χ1) is 16.7. The zero-order chi connectivity index (χ0) is 23.1. The zero-order valence-corrected chi connectivity index (χ0v) is 18.6. The zero-order valence-electron chi connectivity index (χ0n) is 18.6. The lowest BCUT2D eigenvalue weighted by molar-refractivity contribution is 0.0668. The number of hydrogen-bond acceptors (Lipinski definition) is 4. The number of hydrogen-bond donors (Lipinski definition) is 0. The minimum Gasteiger partial charge on any atom is -0.492 e. The van der Waals surface area contributed by atoms with Crippen LogP contribution in [-0.2, 0) is 0 Å². The van der Waals surface area contributed by atoms with Gasteiger partial charge in [-0.05, 0) is 29.8 Å². The van der Waals surface area contributed by atoms with E-state index in [1.54, 1.807) is 6.07 Å². The average molecular weight is 459 g/mol. The predicted molar refractivity (Wildman–Crippen MR) is 127 cm³/mol. The average Bonchev–Trinajstić information content (AvgIpc) is 2.85. The Morgan fingerprint density at radius 3 is 2.62 bits per heavy atom. The fraction of sp³-hybridized carbons (Fsp3) is 0.250. The standard InChI is InChI=1S/C28H24F2N2O2/c29-14-18-16-32(17-18)12-13-33-20-10-8-19(9-11-20)27-26-22-4-1-2-7-25(22)31-15-23(26)21-5-3-6-24(30)28(21)34-27/h1-11,15,18,27H,12-14,16-17H2. The van der Waals surface area contributed by atoms with E-state index in [4.69, 9.17) is 9.47 Å². The molecule has 1 saturated heterocycles. The van der Waals surface area contributed by atoms with Crippen molar-refractivity contribution >= 4 is 10.9 Å². The Morgan fingerprint density at radius 2 is 1.79 bits per heavy atom. The van der Waals surface area contributed by atoms with E-state index in [9.17, 15) is 8.78 Å². The Balaban J connectivity index is 1.29. The van der Waals surface area contributed by atoms with Crippen molar-refractivity contribution in [3.63, 3.8) is 0 Å². The highest BCUT2D eigenvalue weighted by atomic mass is 19.1. The predicted octanol–water partition coefficient (Wildman–Crippen LogP) is 5.80. The van der Waals surface area contributed by atoms with Gasteiger partial charge in [0.2, 0.25) is 0 Å². The number of alkyl halides is 1. The van der Waals surface area contributed by atoms with Crippen LogP contribution >= 0.6 is 0 Å². The number of pyridine rings is 1. The summed E-state index contributed by atoms with van der Waals surface area (Å²) in [5, 5.41) is 0.987. The fourth-order valence-corrected chi connectivity index (χ4v) is 4.90. The van der Waals surface area contributed by atoms with Crippen LogP contribution in [0.3, 0.4) is 0 Å². The van der Waals surface area contributed by atoms with Gasteiger partial charge in [-0.3, -0.25) is 14.3 Å². The van der Waals surface area contributed by atoms with E-state index in [1.807, 2.05) is 60.8 Å². The monoisotopic (exact) mass is 458 g/mol. The molecule has 2 aliphatic heterocycles. The molecule has 172 valence electrons. The fourth-order valence-electron chi connectivity index (χ4n) is 4.90. The Hall–Kier alpha value is -3.51. The van der Waals surface area contributed by atoms with Gasteiger partial charge in [-0.15, -0.1) is 0 Å². The highest BCUT2D eigenvalue weighted by Gasteiger charge is 2.31. The van der Waals surface area contributed by atoms with Crippen molar-refractivity contribution in [2.45, 2.75) is 6.10 Å². The molecule has 4 aromatic rings. The molecule has 1 atom stereocenters. The number of nitrogens with zero attached hydrogens (tertiary/aromatic N) is 2. The molecule has 0 spiro atoms. The number of ether oxygens (including phenoxy) is 2. The van der Waals surface area contributed by atoms with Crippen molar-refractivity contribution in [2.24, 2.45) is 5.92 Å². The summed E-state index contributed by atoms with van der Waals surface area (Å²) in [7, 11) is 0. The third-order valence-corrected chi connectivity index (χ3v) is 6.68. The first-order valence-electron chi connectivity index (χ1n) is 11.6. The molecule has 1 aromatic heterocycles. The molecular weight excluding hydrogens is 434 g/mol. The number of likely N-dealkylation sites (tertiary alicyclic amines) is 1. The van der Waals surface area contributed by atoms with Gasteiger partial charge in [-0.1, -0.05) is 42.5 Å². The molecule has 0 amide bonds. The summed E-state index contributed by atoms with van der Waals surface area (Å²) >= 11 is 0. The first-order valence-corrected chi connectivity index (χ1v) is 11.6. The van der Waals surface area contributed by atoms with Gasteiger partial charge in [0.15, 0.2) is 17.7 Å². The van der Waals surface area contributed by atoms with Gasteiger partial charge in [-0.2, -0.15) is 0 Å². The number of halogens is 2. The van der Waals surface area contributed by atoms with Gasteiger partial charge in [0.25, 0.3) is 0 Å². The third kappa shape index (κ3) is 3.68.